The molecule has 0 atom stereocenters. The maximum Gasteiger partial charge on any atom is 0.262 e. The summed E-state index contributed by atoms with van der Waals surface area (Å²) in [4.78, 5) is -0.0298. The third kappa shape index (κ3) is 3.34. The Balaban J connectivity index is 3.12. The monoisotopic (exact) mass is 314 g/mol. The SMILES string of the molecule is COCOc1cccc(S(=O)(=O)Cl)c1Br. The van der Waals surface area contributed by atoms with Crippen molar-refractivity contribution >= 4 is 35.7 Å². The van der Waals surface area contributed by atoms with Gasteiger partial charge in [-0.25, -0.2) is 8.42 Å². The van der Waals surface area contributed by atoms with Crippen molar-refractivity contribution in [2.24, 2.45) is 0 Å². The van der Waals surface area contributed by atoms with Gasteiger partial charge in [-0.05, 0) is 28.1 Å². The van der Waals surface area contributed by atoms with Crippen LogP contribution in [0.5, 0.6) is 5.75 Å². The summed E-state index contributed by atoms with van der Waals surface area (Å²) in [6.07, 6.45) is 0. The average molecular weight is 316 g/mol. The van der Waals surface area contributed by atoms with Crippen molar-refractivity contribution in [1.29, 1.82) is 0 Å². The van der Waals surface area contributed by atoms with Crippen LogP contribution in [0.2, 0.25) is 0 Å². The van der Waals surface area contributed by atoms with Crippen LogP contribution in [0.4, 0.5) is 0 Å². The first kappa shape index (κ1) is 12.8. The lowest BCUT2D eigenvalue weighted by atomic mass is 10.3. The van der Waals surface area contributed by atoms with Crippen LogP contribution >= 0.6 is 26.6 Å². The summed E-state index contributed by atoms with van der Waals surface area (Å²) < 4.78 is 32.4. The molecule has 0 fully saturated rings. The molecule has 1 rings (SSSR count). The van der Waals surface area contributed by atoms with Crippen molar-refractivity contribution < 1.29 is 17.9 Å². The molecule has 0 heterocycles. The maximum absolute atomic E-state index is 11.1. The summed E-state index contributed by atoms with van der Waals surface area (Å²) >= 11 is 3.10. The number of hydrogen-bond donors (Lipinski definition) is 0. The fourth-order valence-electron chi connectivity index (χ4n) is 0.913. The van der Waals surface area contributed by atoms with Gasteiger partial charge in [0.05, 0.1) is 4.47 Å². The van der Waals surface area contributed by atoms with Crippen LogP contribution in [0.1, 0.15) is 0 Å². The lowest BCUT2D eigenvalue weighted by molar-refractivity contribution is 0.0504. The van der Waals surface area contributed by atoms with E-state index in [1.807, 2.05) is 0 Å². The second kappa shape index (κ2) is 5.16. The molecule has 15 heavy (non-hydrogen) atoms. The molecule has 0 saturated heterocycles. The Morgan fingerprint density at radius 1 is 1.47 bits per heavy atom. The quantitative estimate of drug-likeness (QED) is 0.632. The number of rotatable bonds is 4. The molecule has 0 bridgehead atoms. The third-order valence-electron chi connectivity index (χ3n) is 1.52. The summed E-state index contributed by atoms with van der Waals surface area (Å²) in [5.41, 5.74) is 0. The molecule has 0 spiro atoms. The molecule has 1 aromatic carbocycles. The summed E-state index contributed by atoms with van der Waals surface area (Å²) in [6.45, 7) is 0.0321. The van der Waals surface area contributed by atoms with E-state index in [9.17, 15) is 8.42 Å². The van der Waals surface area contributed by atoms with E-state index in [2.05, 4.69) is 15.9 Å². The number of ether oxygens (including phenoxy) is 2. The van der Waals surface area contributed by atoms with Crippen LogP contribution in [0.3, 0.4) is 0 Å². The molecule has 4 nitrogen and oxygen atoms in total. The van der Waals surface area contributed by atoms with Gasteiger partial charge in [0.25, 0.3) is 9.05 Å². The van der Waals surface area contributed by atoms with Crippen LogP contribution in [0, 0.1) is 0 Å². The first-order valence-corrected chi connectivity index (χ1v) is 6.92. The van der Waals surface area contributed by atoms with Crippen molar-refractivity contribution in [1.82, 2.24) is 0 Å². The van der Waals surface area contributed by atoms with E-state index in [1.54, 1.807) is 6.07 Å². The standard InChI is InChI=1S/C8H8BrClO4S/c1-13-5-14-6-3-2-4-7(8(6)9)15(10,11)12/h2-4H,5H2,1H3. The van der Waals surface area contributed by atoms with E-state index < -0.39 is 9.05 Å². The van der Waals surface area contributed by atoms with Gasteiger partial charge in [-0.15, -0.1) is 0 Å². The van der Waals surface area contributed by atoms with Gasteiger partial charge in [0, 0.05) is 17.8 Å². The summed E-state index contributed by atoms with van der Waals surface area (Å²) in [5, 5.41) is 0. The largest absolute Gasteiger partial charge is 0.466 e. The number of benzene rings is 1. The summed E-state index contributed by atoms with van der Waals surface area (Å²) in [5.74, 6) is 0.360. The van der Waals surface area contributed by atoms with Gasteiger partial charge in [0.15, 0.2) is 6.79 Å². The van der Waals surface area contributed by atoms with Gasteiger partial charge >= 0.3 is 0 Å². The Kier molecular flexibility index (Phi) is 4.39. The van der Waals surface area contributed by atoms with Crippen LogP contribution in [0.25, 0.3) is 0 Å². The second-order valence-corrected chi connectivity index (χ2v) is 5.88. The predicted molar refractivity (Wildman–Crippen MR) is 59.7 cm³/mol. The van der Waals surface area contributed by atoms with Gasteiger partial charge < -0.3 is 9.47 Å². The highest BCUT2D eigenvalue weighted by molar-refractivity contribution is 9.10. The van der Waals surface area contributed by atoms with Crippen molar-refractivity contribution in [3.05, 3.63) is 22.7 Å². The molecule has 0 amide bonds. The van der Waals surface area contributed by atoms with Crippen LogP contribution in [-0.2, 0) is 13.8 Å². The van der Waals surface area contributed by atoms with Gasteiger partial charge in [-0.3, -0.25) is 0 Å². The molecular formula is C8H8BrClO4S. The Morgan fingerprint density at radius 3 is 2.67 bits per heavy atom. The van der Waals surface area contributed by atoms with E-state index >= 15 is 0 Å². The molecule has 0 aliphatic rings. The van der Waals surface area contributed by atoms with Crippen LogP contribution in [-0.4, -0.2) is 22.3 Å². The highest BCUT2D eigenvalue weighted by atomic mass is 79.9. The predicted octanol–water partition coefficient (Wildman–Crippen LogP) is 2.36. The van der Waals surface area contributed by atoms with Crippen molar-refractivity contribution in [3.8, 4) is 5.75 Å². The molecule has 0 unspecified atom stereocenters. The Morgan fingerprint density at radius 2 is 2.13 bits per heavy atom. The fourth-order valence-corrected chi connectivity index (χ4v) is 3.15. The average Bonchev–Trinajstić information content (AvgIpc) is 2.14. The van der Waals surface area contributed by atoms with E-state index in [1.165, 1.54) is 19.2 Å². The van der Waals surface area contributed by atoms with Crippen molar-refractivity contribution in [2.75, 3.05) is 13.9 Å². The zero-order chi connectivity index (χ0) is 11.5. The molecule has 0 aliphatic carbocycles. The minimum absolute atomic E-state index is 0.0298. The van der Waals surface area contributed by atoms with Crippen LogP contribution < -0.4 is 4.74 Å². The molecule has 0 radical (unpaired) electrons. The summed E-state index contributed by atoms with van der Waals surface area (Å²) in [6, 6.07) is 4.52. The van der Waals surface area contributed by atoms with E-state index in [0.717, 1.165) is 0 Å². The third-order valence-corrected chi connectivity index (χ3v) is 3.97. The van der Waals surface area contributed by atoms with Gasteiger partial charge in [0.2, 0.25) is 0 Å². The zero-order valence-corrected chi connectivity index (χ0v) is 10.9. The molecule has 0 N–H and O–H groups in total. The van der Waals surface area contributed by atoms with Crippen molar-refractivity contribution in [2.45, 2.75) is 4.90 Å². The minimum Gasteiger partial charge on any atom is -0.466 e. The molecule has 7 heteroatoms. The molecule has 0 saturated carbocycles. The minimum atomic E-state index is -3.78. The topological polar surface area (TPSA) is 52.6 Å². The van der Waals surface area contributed by atoms with Gasteiger partial charge in [-0.2, -0.15) is 0 Å². The van der Waals surface area contributed by atoms with Crippen LogP contribution in [0.15, 0.2) is 27.6 Å². The Bertz CT molecular complexity index is 446. The Hall–Kier alpha value is -0.300. The van der Waals surface area contributed by atoms with E-state index in [-0.39, 0.29) is 16.2 Å². The molecule has 0 aromatic heterocycles. The molecule has 84 valence electrons. The number of hydrogen-bond acceptors (Lipinski definition) is 4. The number of halogens is 2. The first-order chi connectivity index (χ1) is 6.96. The van der Waals surface area contributed by atoms with Crippen molar-refractivity contribution in [3.63, 3.8) is 0 Å². The lowest BCUT2D eigenvalue weighted by Gasteiger charge is -2.08. The Labute approximate surface area is 101 Å². The van der Waals surface area contributed by atoms with Gasteiger partial charge in [-0.1, -0.05) is 6.07 Å². The smallest absolute Gasteiger partial charge is 0.262 e. The first-order valence-electron chi connectivity index (χ1n) is 3.81. The second-order valence-electron chi connectivity index (χ2n) is 2.56. The molecule has 1 aromatic rings. The summed E-state index contributed by atoms with van der Waals surface area (Å²) in [7, 11) is 2.92. The fraction of sp³-hybridized carbons (Fsp3) is 0.250. The molecular weight excluding hydrogens is 308 g/mol. The zero-order valence-electron chi connectivity index (χ0n) is 7.74. The number of methoxy groups -OCH3 is 1. The highest BCUT2D eigenvalue weighted by Gasteiger charge is 2.17. The lowest BCUT2D eigenvalue weighted by Crippen LogP contribution is -2.01. The molecule has 0 aliphatic heterocycles. The van der Waals surface area contributed by atoms with Gasteiger partial charge in [0.1, 0.15) is 10.6 Å². The van der Waals surface area contributed by atoms with E-state index in [4.69, 9.17) is 20.2 Å². The maximum atomic E-state index is 11.1. The highest BCUT2D eigenvalue weighted by Crippen LogP contribution is 2.33. The van der Waals surface area contributed by atoms with E-state index in [0.29, 0.717) is 5.75 Å². The normalized spacial score (nSPS) is 11.4.